The number of hydrogen-bond acceptors (Lipinski definition) is 8. The van der Waals surface area contributed by atoms with Crippen molar-refractivity contribution < 1.29 is 45.0 Å². The normalized spacial score (nSPS) is 40.5. The summed E-state index contributed by atoms with van der Waals surface area (Å²) in [4.78, 5) is 21.3. The van der Waals surface area contributed by atoms with E-state index in [4.69, 9.17) is 14.9 Å². The van der Waals surface area contributed by atoms with Gasteiger partial charge in [0.25, 0.3) is 0 Å². The second-order valence-corrected chi connectivity index (χ2v) is 4.01. The molecule has 0 aromatic rings. The molecule has 0 aromatic carbocycles. The van der Waals surface area contributed by atoms with Gasteiger partial charge in [0, 0.05) is 0 Å². The Labute approximate surface area is 101 Å². The summed E-state index contributed by atoms with van der Waals surface area (Å²) in [6, 6.07) is 0. The van der Waals surface area contributed by atoms with Crippen LogP contribution in [-0.4, -0.2) is 79.2 Å². The van der Waals surface area contributed by atoms with E-state index >= 15 is 0 Å². The van der Waals surface area contributed by atoms with E-state index in [2.05, 4.69) is 0 Å². The van der Waals surface area contributed by atoms with Gasteiger partial charge in [-0.1, -0.05) is 0 Å². The van der Waals surface area contributed by atoms with Crippen molar-refractivity contribution in [3.05, 3.63) is 0 Å². The summed E-state index contributed by atoms with van der Waals surface area (Å²) in [5.41, 5.74) is 0. The number of carbonyl (C=O) groups is 2. The second-order valence-electron chi connectivity index (χ2n) is 4.01. The van der Waals surface area contributed by atoms with Crippen LogP contribution in [0.25, 0.3) is 0 Å². The molecule has 1 rings (SSSR count). The monoisotopic (exact) mass is 266 g/mol. The van der Waals surface area contributed by atoms with Gasteiger partial charge in [-0.3, -0.25) is 4.79 Å². The number of Topliss-reactive ketones (excluding diaryl/α,β-unsaturated/α-hetero) is 1. The van der Waals surface area contributed by atoms with E-state index in [9.17, 15) is 30.0 Å². The molecule has 0 saturated carbocycles. The Morgan fingerprint density at radius 2 is 1.72 bits per heavy atom. The van der Waals surface area contributed by atoms with Crippen LogP contribution in [0.5, 0.6) is 0 Å². The van der Waals surface area contributed by atoms with E-state index in [-0.39, 0.29) is 0 Å². The number of carboxylic acids is 1. The number of aliphatic hydroxyl groups is 5. The molecule has 1 heterocycles. The predicted octanol–water partition coefficient (Wildman–Crippen LogP) is -3.81. The van der Waals surface area contributed by atoms with E-state index in [1.807, 2.05) is 0 Å². The summed E-state index contributed by atoms with van der Waals surface area (Å²) in [5, 5.41) is 55.4. The van der Waals surface area contributed by atoms with Crippen LogP contribution in [0.3, 0.4) is 0 Å². The highest BCUT2D eigenvalue weighted by Crippen LogP contribution is 2.30. The third kappa shape index (κ3) is 2.66. The van der Waals surface area contributed by atoms with Crippen LogP contribution >= 0.6 is 0 Å². The first kappa shape index (κ1) is 15.0. The van der Waals surface area contributed by atoms with E-state index in [1.54, 1.807) is 0 Å². The molecular weight excluding hydrogens is 252 g/mol. The fourth-order valence-electron chi connectivity index (χ4n) is 1.67. The van der Waals surface area contributed by atoms with Gasteiger partial charge in [-0.25, -0.2) is 4.79 Å². The Hall–Kier alpha value is -1.10. The Kier molecular flexibility index (Phi) is 4.37. The standard InChI is InChI=1S/C9H14O9/c10-2-4-5(12)6(13)7(14)9(17,18-4)1-3(11)8(15)16/h4-7,10,12-14,17H,1-2H2,(H,15,16)/t4-,5-,6+,7-,9?/m1/s1. The van der Waals surface area contributed by atoms with Crippen LogP contribution in [0.2, 0.25) is 0 Å². The molecule has 0 amide bonds. The van der Waals surface area contributed by atoms with Crippen LogP contribution in [0.15, 0.2) is 0 Å². The quantitative estimate of drug-likeness (QED) is 0.280. The zero-order valence-corrected chi connectivity index (χ0v) is 9.13. The van der Waals surface area contributed by atoms with Gasteiger partial charge >= 0.3 is 5.97 Å². The summed E-state index contributed by atoms with van der Waals surface area (Å²) in [6.07, 6.45) is -8.22. The summed E-state index contributed by atoms with van der Waals surface area (Å²) in [6.45, 7) is -0.797. The average Bonchev–Trinajstić information content (AvgIpc) is 2.31. The number of carboxylic acid groups (broad SMARTS) is 1. The molecule has 0 aliphatic carbocycles. The highest BCUT2D eigenvalue weighted by Gasteiger charge is 2.53. The lowest BCUT2D eigenvalue weighted by atomic mass is 9.90. The molecule has 104 valence electrons. The van der Waals surface area contributed by atoms with Crippen molar-refractivity contribution in [2.45, 2.75) is 36.6 Å². The van der Waals surface area contributed by atoms with E-state index in [1.165, 1.54) is 0 Å². The maximum Gasteiger partial charge on any atom is 0.372 e. The molecule has 1 saturated heterocycles. The lowest BCUT2D eigenvalue weighted by Gasteiger charge is -2.44. The highest BCUT2D eigenvalue weighted by atomic mass is 16.7. The SMILES string of the molecule is O=C(O)C(=O)CC1(O)O[C@H](CO)[C@@H](O)[C@H](O)[C@H]1O. The van der Waals surface area contributed by atoms with Gasteiger partial charge in [-0.15, -0.1) is 0 Å². The van der Waals surface area contributed by atoms with Gasteiger partial charge in [-0.2, -0.15) is 0 Å². The van der Waals surface area contributed by atoms with E-state index in [0.717, 1.165) is 0 Å². The van der Waals surface area contributed by atoms with Crippen LogP contribution in [-0.2, 0) is 14.3 Å². The molecule has 0 bridgehead atoms. The average molecular weight is 266 g/mol. The smallest absolute Gasteiger partial charge is 0.372 e. The summed E-state index contributed by atoms with van der Waals surface area (Å²) in [5.74, 6) is -5.97. The Balaban J connectivity index is 2.91. The van der Waals surface area contributed by atoms with Gasteiger partial charge in [0.1, 0.15) is 24.4 Å². The summed E-state index contributed by atoms with van der Waals surface area (Å²) >= 11 is 0. The number of aliphatic carboxylic acids is 1. The minimum absolute atomic E-state index is 0.797. The van der Waals surface area contributed by atoms with Gasteiger partial charge in [-0.05, 0) is 0 Å². The molecule has 1 unspecified atom stereocenters. The number of ketones is 1. The Morgan fingerprint density at radius 1 is 1.17 bits per heavy atom. The molecule has 9 nitrogen and oxygen atoms in total. The van der Waals surface area contributed by atoms with Crippen molar-refractivity contribution in [2.75, 3.05) is 6.61 Å². The maximum absolute atomic E-state index is 11.0. The van der Waals surface area contributed by atoms with Crippen molar-refractivity contribution in [2.24, 2.45) is 0 Å². The Bertz CT molecular complexity index is 341. The van der Waals surface area contributed by atoms with Crippen LogP contribution in [0, 0.1) is 0 Å². The van der Waals surface area contributed by atoms with Gasteiger partial charge < -0.3 is 35.4 Å². The topological polar surface area (TPSA) is 165 Å². The van der Waals surface area contributed by atoms with Crippen molar-refractivity contribution in [1.82, 2.24) is 0 Å². The zero-order valence-electron chi connectivity index (χ0n) is 9.13. The molecule has 18 heavy (non-hydrogen) atoms. The van der Waals surface area contributed by atoms with Crippen molar-refractivity contribution in [3.8, 4) is 0 Å². The third-order valence-electron chi connectivity index (χ3n) is 2.70. The first-order chi connectivity index (χ1) is 8.23. The van der Waals surface area contributed by atoms with E-state index in [0.29, 0.717) is 0 Å². The van der Waals surface area contributed by atoms with Gasteiger partial charge in [0.15, 0.2) is 0 Å². The number of hydrogen-bond donors (Lipinski definition) is 6. The van der Waals surface area contributed by atoms with Gasteiger partial charge in [0.05, 0.1) is 13.0 Å². The minimum Gasteiger partial charge on any atom is -0.475 e. The number of aliphatic hydroxyl groups excluding tert-OH is 4. The molecule has 1 fully saturated rings. The van der Waals surface area contributed by atoms with Crippen LogP contribution in [0.4, 0.5) is 0 Å². The molecule has 5 atom stereocenters. The first-order valence-corrected chi connectivity index (χ1v) is 5.04. The molecule has 6 N–H and O–H groups in total. The van der Waals surface area contributed by atoms with Crippen LogP contribution in [0.1, 0.15) is 6.42 Å². The van der Waals surface area contributed by atoms with Crippen molar-refractivity contribution in [3.63, 3.8) is 0 Å². The van der Waals surface area contributed by atoms with Crippen molar-refractivity contribution in [1.29, 1.82) is 0 Å². The lowest BCUT2D eigenvalue weighted by Crippen LogP contribution is -2.65. The predicted molar refractivity (Wildman–Crippen MR) is 52.2 cm³/mol. The van der Waals surface area contributed by atoms with Crippen LogP contribution < -0.4 is 0 Å². The number of rotatable bonds is 4. The molecule has 0 radical (unpaired) electrons. The largest absolute Gasteiger partial charge is 0.475 e. The number of ether oxygens (including phenoxy) is 1. The molecular formula is C9H14O9. The molecule has 9 heteroatoms. The van der Waals surface area contributed by atoms with Gasteiger partial charge in [0.2, 0.25) is 11.6 Å². The third-order valence-corrected chi connectivity index (χ3v) is 2.70. The molecule has 1 aliphatic heterocycles. The second kappa shape index (κ2) is 5.26. The summed E-state index contributed by atoms with van der Waals surface area (Å²) in [7, 11) is 0. The molecule has 1 aliphatic rings. The number of carbonyl (C=O) groups excluding carboxylic acids is 1. The first-order valence-electron chi connectivity index (χ1n) is 5.04. The fourth-order valence-corrected chi connectivity index (χ4v) is 1.67. The van der Waals surface area contributed by atoms with Crippen molar-refractivity contribution >= 4 is 11.8 Å². The zero-order chi connectivity index (χ0) is 14.1. The Morgan fingerprint density at radius 3 is 2.17 bits per heavy atom. The lowest BCUT2D eigenvalue weighted by molar-refractivity contribution is -0.347. The molecule has 0 spiro atoms. The highest BCUT2D eigenvalue weighted by molar-refractivity contribution is 6.32. The minimum atomic E-state index is -2.68. The maximum atomic E-state index is 11.0. The van der Waals surface area contributed by atoms with E-state index < -0.39 is 55.0 Å². The fraction of sp³-hybridized carbons (Fsp3) is 0.778. The summed E-state index contributed by atoms with van der Waals surface area (Å²) < 4.78 is 4.70. The molecule has 0 aromatic heterocycles.